The SMILES string of the molecule is CCC(S)C1CSC(CS)CS1. The monoisotopic (exact) mass is 240 g/mol. The Kier molecular flexibility index (Phi) is 5.73. The highest BCUT2D eigenvalue weighted by molar-refractivity contribution is 8.07. The van der Waals surface area contributed by atoms with Gasteiger partial charge in [-0.2, -0.15) is 48.8 Å². The third-order valence-electron chi connectivity index (χ3n) is 2.04. The summed E-state index contributed by atoms with van der Waals surface area (Å²) in [5, 5.41) is 2.12. The summed E-state index contributed by atoms with van der Waals surface area (Å²) in [5.74, 6) is 3.54. The molecule has 72 valence electrons. The highest BCUT2D eigenvalue weighted by Gasteiger charge is 2.24. The molecule has 3 unspecified atom stereocenters. The summed E-state index contributed by atoms with van der Waals surface area (Å²) < 4.78 is 0. The second-order valence-corrected chi connectivity index (χ2v) is 6.62. The zero-order valence-electron chi connectivity index (χ0n) is 7.27. The molecule has 0 bridgehead atoms. The standard InChI is InChI=1S/C8H16S4/c1-2-7(10)8-5-11-6(3-9)4-12-8/h6-10H,2-5H2,1H3. The number of hydrogen-bond acceptors (Lipinski definition) is 4. The highest BCUT2D eigenvalue weighted by atomic mass is 32.2. The lowest BCUT2D eigenvalue weighted by molar-refractivity contribution is 0.813. The molecule has 0 saturated carbocycles. The topological polar surface area (TPSA) is 0 Å². The van der Waals surface area contributed by atoms with Crippen LogP contribution in [0.15, 0.2) is 0 Å². The van der Waals surface area contributed by atoms with Gasteiger partial charge in [-0.05, 0) is 6.42 Å². The van der Waals surface area contributed by atoms with E-state index in [4.69, 9.17) is 0 Å². The Morgan fingerprint density at radius 1 is 1.42 bits per heavy atom. The average molecular weight is 240 g/mol. The Morgan fingerprint density at radius 2 is 2.17 bits per heavy atom. The minimum atomic E-state index is 0.586. The fourth-order valence-electron chi connectivity index (χ4n) is 1.15. The lowest BCUT2D eigenvalue weighted by atomic mass is 10.2. The summed E-state index contributed by atoms with van der Waals surface area (Å²) in [6.45, 7) is 2.22. The van der Waals surface area contributed by atoms with Crippen molar-refractivity contribution in [1.29, 1.82) is 0 Å². The molecular formula is C8H16S4. The minimum absolute atomic E-state index is 0.586. The van der Waals surface area contributed by atoms with Crippen molar-refractivity contribution in [3.8, 4) is 0 Å². The molecular weight excluding hydrogens is 224 g/mol. The zero-order valence-corrected chi connectivity index (χ0v) is 10.7. The molecule has 1 aliphatic rings. The molecule has 4 heteroatoms. The molecule has 0 aromatic carbocycles. The first-order valence-corrected chi connectivity index (χ1v) is 7.54. The van der Waals surface area contributed by atoms with Gasteiger partial charge in [0.05, 0.1) is 0 Å². The summed E-state index contributed by atoms with van der Waals surface area (Å²) in [4.78, 5) is 0. The highest BCUT2D eigenvalue weighted by Crippen LogP contribution is 2.34. The maximum absolute atomic E-state index is 4.58. The van der Waals surface area contributed by atoms with Gasteiger partial charge in [0.1, 0.15) is 0 Å². The van der Waals surface area contributed by atoms with Gasteiger partial charge in [0, 0.05) is 33.0 Å². The lowest BCUT2D eigenvalue weighted by Crippen LogP contribution is -2.28. The van der Waals surface area contributed by atoms with E-state index in [0.29, 0.717) is 5.25 Å². The molecule has 1 fully saturated rings. The van der Waals surface area contributed by atoms with Crippen molar-refractivity contribution >= 4 is 48.8 Å². The molecule has 1 saturated heterocycles. The molecule has 0 nitrogen and oxygen atoms in total. The fourth-order valence-corrected chi connectivity index (χ4v) is 5.31. The smallest absolute Gasteiger partial charge is 0.0254 e. The number of hydrogen-bond donors (Lipinski definition) is 2. The summed E-state index contributed by atoms with van der Waals surface area (Å²) in [7, 11) is 0. The van der Waals surface area contributed by atoms with Gasteiger partial charge in [0.15, 0.2) is 0 Å². The van der Waals surface area contributed by atoms with Crippen molar-refractivity contribution in [3.05, 3.63) is 0 Å². The van der Waals surface area contributed by atoms with Crippen molar-refractivity contribution in [2.75, 3.05) is 17.3 Å². The molecule has 1 heterocycles. The predicted molar refractivity (Wildman–Crippen MR) is 69.4 cm³/mol. The second-order valence-electron chi connectivity index (χ2n) is 2.99. The third kappa shape index (κ3) is 3.28. The van der Waals surface area contributed by atoms with Gasteiger partial charge < -0.3 is 0 Å². The Balaban J connectivity index is 2.25. The molecule has 1 rings (SSSR count). The van der Waals surface area contributed by atoms with E-state index < -0.39 is 0 Å². The zero-order chi connectivity index (χ0) is 8.97. The van der Waals surface area contributed by atoms with Crippen molar-refractivity contribution < 1.29 is 0 Å². The van der Waals surface area contributed by atoms with E-state index in [0.717, 1.165) is 16.3 Å². The first-order chi connectivity index (χ1) is 5.77. The second kappa shape index (κ2) is 5.99. The minimum Gasteiger partial charge on any atom is -0.178 e. The van der Waals surface area contributed by atoms with E-state index >= 15 is 0 Å². The summed E-state index contributed by atoms with van der Waals surface area (Å²) >= 11 is 13.0. The molecule has 0 aromatic rings. The van der Waals surface area contributed by atoms with E-state index in [1.807, 2.05) is 0 Å². The van der Waals surface area contributed by atoms with E-state index in [1.54, 1.807) is 0 Å². The van der Waals surface area contributed by atoms with Crippen LogP contribution in [0.5, 0.6) is 0 Å². The van der Waals surface area contributed by atoms with Crippen molar-refractivity contribution in [2.24, 2.45) is 0 Å². The predicted octanol–water partition coefficient (Wildman–Crippen LogP) is 2.84. The van der Waals surface area contributed by atoms with Gasteiger partial charge in [-0.1, -0.05) is 6.92 Å². The lowest BCUT2D eigenvalue weighted by Gasteiger charge is -2.29. The molecule has 0 spiro atoms. The first-order valence-electron chi connectivity index (χ1n) is 4.30. The number of rotatable bonds is 3. The normalized spacial score (nSPS) is 33.2. The molecule has 0 aromatic heterocycles. The Morgan fingerprint density at radius 3 is 2.58 bits per heavy atom. The van der Waals surface area contributed by atoms with Crippen LogP contribution < -0.4 is 0 Å². The molecule has 1 aliphatic heterocycles. The molecule has 3 atom stereocenters. The quantitative estimate of drug-likeness (QED) is 0.728. The summed E-state index contributed by atoms with van der Waals surface area (Å²) in [5.41, 5.74) is 0. The van der Waals surface area contributed by atoms with Crippen LogP contribution in [-0.4, -0.2) is 33.0 Å². The Hall–Kier alpha value is 1.40. The fraction of sp³-hybridized carbons (Fsp3) is 1.00. The molecule has 0 N–H and O–H groups in total. The number of thioether (sulfide) groups is 2. The van der Waals surface area contributed by atoms with Crippen LogP contribution in [0.1, 0.15) is 13.3 Å². The maximum atomic E-state index is 4.58. The van der Waals surface area contributed by atoms with Gasteiger partial charge in [0.25, 0.3) is 0 Å². The van der Waals surface area contributed by atoms with Gasteiger partial charge >= 0.3 is 0 Å². The van der Waals surface area contributed by atoms with E-state index in [1.165, 1.54) is 17.9 Å². The van der Waals surface area contributed by atoms with Crippen LogP contribution in [0.25, 0.3) is 0 Å². The van der Waals surface area contributed by atoms with Crippen LogP contribution in [0.4, 0.5) is 0 Å². The molecule has 12 heavy (non-hydrogen) atoms. The summed E-state index contributed by atoms with van der Waals surface area (Å²) in [6, 6.07) is 0. The van der Waals surface area contributed by atoms with Gasteiger partial charge in [-0.25, -0.2) is 0 Å². The van der Waals surface area contributed by atoms with Crippen LogP contribution in [0, 0.1) is 0 Å². The average Bonchev–Trinajstić information content (AvgIpc) is 2.17. The Labute approximate surface area is 94.8 Å². The van der Waals surface area contributed by atoms with E-state index in [2.05, 4.69) is 55.7 Å². The molecule has 0 radical (unpaired) electrons. The first kappa shape index (κ1) is 11.5. The third-order valence-corrected chi connectivity index (χ3v) is 6.95. The van der Waals surface area contributed by atoms with Crippen molar-refractivity contribution in [2.45, 2.75) is 29.1 Å². The maximum Gasteiger partial charge on any atom is 0.0254 e. The van der Waals surface area contributed by atoms with E-state index in [-0.39, 0.29) is 0 Å². The van der Waals surface area contributed by atoms with Gasteiger partial charge in [0.2, 0.25) is 0 Å². The molecule has 0 aliphatic carbocycles. The molecule has 0 amide bonds. The largest absolute Gasteiger partial charge is 0.178 e. The van der Waals surface area contributed by atoms with Crippen LogP contribution >= 0.6 is 48.8 Å². The Bertz CT molecular complexity index is 120. The van der Waals surface area contributed by atoms with Crippen molar-refractivity contribution in [1.82, 2.24) is 0 Å². The van der Waals surface area contributed by atoms with E-state index in [9.17, 15) is 0 Å². The number of thiol groups is 2. The summed E-state index contributed by atoms with van der Waals surface area (Å²) in [6.07, 6.45) is 1.19. The van der Waals surface area contributed by atoms with Crippen LogP contribution in [0.2, 0.25) is 0 Å². The van der Waals surface area contributed by atoms with Gasteiger partial charge in [-0.15, -0.1) is 0 Å². The van der Waals surface area contributed by atoms with Gasteiger partial charge in [-0.3, -0.25) is 0 Å². The van der Waals surface area contributed by atoms with Crippen LogP contribution in [0.3, 0.4) is 0 Å². The van der Waals surface area contributed by atoms with Crippen molar-refractivity contribution in [3.63, 3.8) is 0 Å². The van der Waals surface area contributed by atoms with Crippen LogP contribution in [-0.2, 0) is 0 Å².